The summed E-state index contributed by atoms with van der Waals surface area (Å²) in [5, 5.41) is 0. The van der Waals surface area contributed by atoms with Crippen molar-refractivity contribution >= 4 is 12.1 Å². The Hall–Kier alpha value is -2.86. The maximum atomic E-state index is 13.9. The van der Waals surface area contributed by atoms with Gasteiger partial charge in [0.2, 0.25) is 0 Å². The van der Waals surface area contributed by atoms with Crippen molar-refractivity contribution in [2.24, 2.45) is 0 Å². The van der Waals surface area contributed by atoms with Crippen molar-refractivity contribution in [3.05, 3.63) is 71.8 Å². The van der Waals surface area contributed by atoms with Gasteiger partial charge >= 0.3 is 12.1 Å². The molecule has 0 N–H and O–H groups in total. The van der Waals surface area contributed by atoms with Gasteiger partial charge in [-0.1, -0.05) is 67.1 Å². The van der Waals surface area contributed by atoms with Gasteiger partial charge in [0, 0.05) is 26.1 Å². The summed E-state index contributed by atoms with van der Waals surface area (Å²) in [6, 6.07) is 19.6. The molecule has 31 heavy (non-hydrogen) atoms. The molecule has 0 radical (unpaired) electrons. The van der Waals surface area contributed by atoms with E-state index in [0.29, 0.717) is 19.6 Å². The summed E-state index contributed by atoms with van der Waals surface area (Å²) in [4.78, 5) is 35.5. The number of hydrogen-bond acceptors (Lipinski definition) is 3. The van der Waals surface area contributed by atoms with Gasteiger partial charge in [-0.2, -0.15) is 0 Å². The Morgan fingerprint density at radius 3 is 2.03 bits per heavy atom. The standard InChI is InChI=1S/C25H30N4O2/c30-23-27(19-21-11-4-1-5-12-21)24(31)29(20-22-13-6-2-7-14-22)25-15-8-3-9-16-26(25)17-10-18-28(23)25/h1-2,4-7,11-14H,3,8-10,15-20H2. The molecule has 0 aromatic heterocycles. The molecule has 1 unspecified atom stereocenters. The van der Waals surface area contributed by atoms with Crippen molar-refractivity contribution < 1.29 is 9.59 Å². The molecule has 0 saturated carbocycles. The zero-order chi connectivity index (χ0) is 21.3. The van der Waals surface area contributed by atoms with Gasteiger partial charge < -0.3 is 0 Å². The van der Waals surface area contributed by atoms with Gasteiger partial charge in [-0.15, -0.1) is 0 Å². The van der Waals surface area contributed by atoms with E-state index in [1.54, 1.807) is 0 Å². The topological polar surface area (TPSA) is 47.1 Å². The summed E-state index contributed by atoms with van der Waals surface area (Å²) in [5.74, 6) is -0.647. The van der Waals surface area contributed by atoms with Crippen molar-refractivity contribution in [1.29, 1.82) is 0 Å². The summed E-state index contributed by atoms with van der Waals surface area (Å²) >= 11 is 0. The van der Waals surface area contributed by atoms with Crippen LogP contribution in [0.2, 0.25) is 0 Å². The maximum Gasteiger partial charge on any atom is 0.331 e. The molecule has 3 heterocycles. The Balaban J connectivity index is 1.57. The second kappa shape index (κ2) is 8.35. The number of urea groups is 2. The highest BCUT2D eigenvalue weighted by molar-refractivity contribution is 5.96. The van der Waals surface area contributed by atoms with E-state index in [1.165, 1.54) is 4.90 Å². The molecule has 2 aromatic rings. The van der Waals surface area contributed by atoms with Gasteiger partial charge in [0.15, 0.2) is 5.79 Å². The number of benzene rings is 2. The van der Waals surface area contributed by atoms with Crippen LogP contribution < -0.4 is 0 Å². The fourth-order valence-electron chi connectivity index (χ4n) is 5.46. The first kappa shape index (κ1) is 20.1. The number of carbonyl (C=O) groups is 2. The van der Waals surface area contributed by atoms with E-state index in [-0.39, 0.29) is 12.1 Å². The predicted molar refractivity (Wildman–Crippen MR) is 119 cm³/mol. The molecule has 1 spiro atoms. The lowest BCUT2D eigenvalue weighted by Crippen LogP contribution is -2.80. The smallest absolute Gasteiger partial charge is 0.288 e. The third kappa shape index (κ3) is 3.49. The number of nitrogens with zero attached hydrogens (tertiary/aromatic N) is 4. The lowest BCUT2D eigenvalue weighted by Gasteiger charge is -2.61. The first-order valence-electron chi connectivity index (χ1n) is 11.4. The van der Waals surface area contributed by atoms with Crippen LogP contribution >= 0.6 is 0 Å². The number of imide groups is 1. The maximum absolute atomic E-state index is 13.9. The van der Waals surface area contributed by atoms with Crippen LogP contribution in [0.1, 0.15) is 43.2 Å². The quantitative estimate of drug-likeness (QED) is 0.736. The fraction of sp³-hybridized carbons (Fsp3) is 0.440. The Bertz CT molecular complexity index is 935. The summed E-state index contributed by atoms with van der Waals surface area (Å²) in [5.41, 5.74) is 2.06. The number of rotatable bonds is 4. The van der Waals surface area contributed by atoms with Gasteiger partial charge in [0.25, 0.3) is 0 Å². The lowest BCUT2D eigenvalue weighted by molar-refractivity contribution is -0.172. The average Bonchev–Trinajstić information content (AvgIpc) is 3.03. The van der Waals surface area contributed by atoms with Crippen molar-refractivity contribution in [3.63, 3.8) is 0 Å². The van der Waals surface area contributed by atoms with Gasteiger partial charge in [0.05, 0.1) is 13.1 Å². The first-order valence-corrected chi connectivity index (χ1v) is 11.4. The molecule has 3 aliphatic rings. The van der Waals surface area contributed by atoms with Crippen LogP contribution in [0, 0.1) is 0 Å². The first-order chi connectivity index (χ1) is 15.2. The number of hydrogen-bond donors (Lipinski definition) is 0. The molecule has 3 fully saturated rings. The van der Waals surface area contributed by atoms with Crippen molar-refractivity contribution in [2.45, 2.75) is 51.0 Å². The molecule has 4 amide bonds. The molecule has 0 bridgehead atoms. The Morgan fingerprint density at radius 1 is 0.677 bits per heavy atom. The van der Waals surface area contributed by atoms with Gasteiger partial charge in [-0.3, -0.25) is 14.7 Å². The molecule has 162 valence electrons. The second-order valence-corrected chi connectivity index (χ2v) is 8.79. The van der Waals surface area contributed by atoms with E-state index >= 15 is 0 Å². The van der Waals surface area contributed by atoms with Crippen LogP contribution in [0.5, 0.6) is 0 Å². The Labute approximate surface area is 184 Å². The number of carbonyl (C=O) groups excluding carboxylic acids is 2. The monoisotopic (exact) mass is 418 g/mol. The zero-order valence-corrected chi connectivity index (χ0v) is 17.9. The molecular weight excluding hydrogens is 388 g/mol. The summed E-state index contributed by atoms with van der Waals surface area (Å²) in [6.07, 6.45) is 5.04. The molecule has 6 heteroatoms. The van der Waals surface area contributed by atoms with Crippen molar-refractivity contribution in [3.8, 4) is 0 Å². The average molecular weight is 419 g/mol. The third-order valence-electron chi connectivity index (χ3n) is 6.91. The predicted octanol–water partition coefficient (Wildman–Crippen LogP) is 4.48. The molecule has 2 aromatic carbocycles. The van der Waals surface area contributed by atoms with E-state index in [9.17, 15) is 9.59 Å². The van der Waals surface area contributed by atoms with E-state index in [0.717, 1.165) is 56.3 Å². The minimum atomic E-state index is -0.647. The lowest BCUT2D eigenvalue weighted by atomic mass is 10.0. The van der Waals surface area contributed by atoms with E-state index in [2.05, 4.69) is 17.0 Å². The van der Waals surface area contributed by atoms with Gasteiger partial charge in [0.1, 0.15) is 0 Å². The van der Waals surface area contributed by atoms with Crippen LogP contribution in [0.4, 0.5) is 9.59 Å². The van der Waals surface area contributed by atoms with Crippen LogP contribution in [0.25, 0.3) is 0 Å². The van der Waals surface area contributed by atoms with Crippen molar-refractivity contribution in [1.82, 2.24) is 19.6 Å². The summed E-state index contributed by atoms with van der Waals surface area (Å²) < 4.78 is 0. The molecule has 3 aliphatic heterocycles. The molecular formula is C25H30N4O2. The van der Waals surface area contributed by atoms with Gasteiger partial charge in [-0.25, -0.2) is 14.5 Å². The highest BCUT2D eigenvalue weighted by Crippen LogP contribution is 2.42. The molecule has 6 nitrogen and oxygen atoms in total. The largest absolute Gasteiger partial charge is 0.331 e. The van der Waals surface area contributed by atoms with E-state index < -0.39 is 5.79 Å². The number of amides is 4. The minimum Gasteiger partial charge on any atom is -0.288 e. The van der Waals surface area contributed by atoms with Crippen LogP contribution in [-0.4, -0.2) is 57.1 Å². The molecule has 3 saturated heterocycles. The van der Waals surface area contributed by atoms with Crippen LogP contribution in [0.3, 0.4) is 0 Å². The highest BCUT2D eigenvalue weighted by atomic mass is 16.2. The van der Waals surface area contributed by atoms with Crippen LogP contribution in [0.15, 0.2) is 60.7 Å². The Kier molecular flexibility index (Phi) is 5.40. The second-order valence-electron chi connectivity index (χ2n) is 8.79. The van der Waals surface area contributed by atoms with E-state index in [1.807, 2.05) is 58.3 Å². The molecule has 0 aliphatic carbocycles. The minimum absolute atomic E-state index is 0.148. The summed E-state index contributed by atoms with van der Waals surface area (Å²) in [7, 11) is 0. The normalized spacial score (nSPS) is 24.6. The molecule has 1 atom stereocenters. The zero-order valence-electron chi connectivity index (χ0n) is 17.9. The van der Waals surface area contributed by atoms with E-state index in [4.69, 9.17) is 0 Å². The third-order valence-corrected chi connectivity index (χ3v) is 6.91. The summed E-state index contributed by atoms with van der Waals surface area (Å²) in [6.45, 7) is 3.36. The molecule has 5 rings (SSSR count). The Morgan fingerprint density at radius 2 is 1.32 bits per heavy atom. The SMILES string of the molecule is O=C1N(Cc2ccccc2)C(=O)N(Cc2ccccc2)C23CCCCCN2CCCN13. The highest BCUT2D eigenvalue weighted by Gasteiger charge is 2.58. The van der Waals surface area contributed by atoms with Gasteiger partial charge in [-0.05, 0) is 30.4 Å². The fourth-order valence-corrected chi connectivity index (χ4v) is 5.46. The van der Waals surface area contributed by atoms with Crippen LogP contribution in [-0.2, 0) is 13.1 Å². The van der Waals surface area contributed by atoms with Crippen molar-refractivity contribution in [2.75, 3.05) is 19.6 Å².